The number of nitrogens with zero attached hydrogens (tertiary/aromatic N) is 1. The minimum absolute atomic E-state index is 0.369. The van der Waals surface area contributed by atoms with Gasteiger partial charge in [0, 0.05) is 17.6 Å². The molecule has 4 heteroatoms. The van der Waals surface area contributed by atoms with Crippen molar-refractivity contribution in [3.8, 4) is 0 Å². The quantitative estimate of drug-likeness (QED) is 0.655. The van der Waals surface area contributed by atoms with Crippen LogP contribution in [0, 0.1) is 0 Å². The van der Waals surface area contributed by atoms with Crippen LogP contribution >= 0.6 is 0 Å². The third-order valence-corrected chi connectivity index (χ3v) is 1.90. The molecule has 0 aromatic rings. The average Bonchev–Trinajstić information content (AvgIpc) is 2.17. The Hall–Kier alpha value is -1.84. The standard InChI is InChI=1S/C9H7NO3/c11-9(12)7-1-2-8-6(5-7)3-4-10-13-8/h1-4H,5H2,(H,11,12). The molecule has 0 saturated carbocycles. The second-order valence-electron chi connectivity index (χ2n) is 2.74. The maximum atomic E-state index is 10.6. The van der Waals surface area contributed by atoms with E-state index in [0.29, 0.717) is 17.8 Å². The Kier molecular flexibility index (Phi) is 1.73. The molecule has 0 aromatic carbocycles. The van der Waals surface area contributed by atoms with E-state index in [1.165, 1.54) is 12.3 Å². The van der Waals surface area contributed by atoms with Crippen LogP contribution in [0.1, 0.15) is 6.42 Å². The zero-order valence-corrected chi connectivity index (χ0v) is 6.73. The molecule has 2 rings (SSSR count). The summed E-state index contributed by atoms with van der Waals surface area (Å²) in [6, 6.07) is 0. The highest BCUT2D eigenvalue weighted by Crippen LogP contribution is 2.26. The summed E-state index contributed by atoms with van der Waals surface area (Å²) in [6.45, 7) is 0. The number of rotatable bonds is 1. The summed E-state index contributed by atoms with van der Waals surface area (Å²) in [7, 11) is 0. The molecule has 1 N–H and O–H groups in total. The minimum atomic E-state index is -0.890. The zero-order chi connectivity index (χ0) is 9.26. The fraction of sp³-hybridized carbons (Fsp3) is 0.111. The first-order chi connectivity index (χ1) is 6.27. The van der Waals surface area contributed by atoms with Gasteiger partial charge in [-0.25, -0.2) is 4.79 Å². The van der Waals surface area contributed by atoms with Crippen LogP contribution < -0.4 is 0 Å². The van der Waals surface area contributed by atoms with E-state index < -0.39 is 5.97 Å². The van der Waals surface area contributed by atoms with E-state index in [0.717, 1.165) is 5.57 Å². The summed E-state index contributed by atoms with van der Waals surface area (Å²) < 4.78 is 0. The molecule has 1 aliphatic heterocycles. The largest absolute Gasteiger partial charge is 0.478 e. The van der Waals surface area contributed by atoms with Crippen molar-refractivity contribution < 1.29 is 14.7 Å². The lowest BCUT2D eigenvalue weighted by Gasteiger charge is -2.15. The van der Waals surface area contributed by atoms with Gasteiger partial charge in [0.1, 0.15) is 0 Å². The van der Waals surface area contributed by atoms with Crippen molar-refractivity contribution in [2.45, 2.75) is 6.42 Å². The first-order valence-electron chi connectivity index (χ1n) is 3.81. The van der Waals surface area contributed by atoms with Gasteiger partial charge in [-0.05, 0) is 18.2 Å². The van der Waals surface area contributed by atoms with Crippen molar-refractivity contribution in [1.82, 2.24) is 0 Å². The van der Waals surface area contributed by atoms with Gasteiger partial charge in [-0.2, -0.15) is 0 Å². The molecule has 0 fully saturated rings. The highest BCUT2D eigenvalue weighted by atomic mass is 16.6. The Morgan fingerprint density at radius 1 is 1.46 bits per heavy atom. The monoisotopic (exact) mass is 177 g/mol. The topological polar surface area (TPSA) is 58.9 Å². The summed E-state index contributed by atoms with van der Waals surface area (Å²) in [5.41, 5.74) is 1.23. The molecular weight excluding hydrogens is 170 g/mol. The van der Waals surface area contributed by atoms with Gasteiger partial charge in [0.2, 0.25) is 0 Å². The zero-order valence-electron chi connectivity index (χ0n) is 6.73. The van der Waals surface area contributed by atoms with Crippen LogP contribution in [0.5, 0.6) is 0 Å². The molecule has 0 amide bonds. The molecule has 1 heterocycles. The SMILES string of the molecule is O=C(O)C1=CC=C2ON=CC=C2C1. The number of fused-ring (bicyclic) bond motifs is 1. The van der Waals surface area contributed by atoms with Crippen molar-refractivity contribution >= 4 is 12.2 Å². The number of carboxylic acids is 1. The highest BCUT2D eigenvalue weighted by Gasteiger charge is 2.19. The van der Waals surface area contributed by atoms with E-state index in [1.807, 2.05) is 0 Å². The van der Waals surface area contributed by atoms with E-state index >= 15 is 0 Å². The Labute approximate surface area is 74.5 Å². The predicted molar refractivity (Wildman–Crippen MR) is 46.1 cm³/mol. The first-order valence-corrected chi connectivity index (χ1v) is 3.81. The van der Waals surface area contributed by atoms with Crippen LogP contribution in [-0.2, 0) is 9.63 Å². The number of carboxylic acid groups (broad SMARTS) is 1. The number of hydrogen-bond donors (Lipinski definition) is 1. The molecule has 66 valence electrons. The van der Waals surface area contributed by atoms with Gasteiger partial charge in [0.25, 0.3) is 0 Å². The van der Waals surface area contributed by atoms with E-state index in [1.54, 1.807) is 12.2 Å². The van der Waals surface area contributed by atoms with Crippen molar-refractivity contribution in [3.63, 3.8) is 0 Å². The Morgan fingerprint density at radius 2 is 2.31 bits per heavy atom. The Balaban J connectivity index is 2.32. The fourth-order valence-electron chi connectivity index (χ4n) is 1.22. The molecule has 0 saturated heterocycles. The van der Waals surface area contributed by atoms with Gasteiger partial charge < -0.3 is 9.94 Å². The summed E-state index contributed by atoms with van der Waals surface area (Å²) >= 11 is 0. The molecule has 0 unspecified atom stereocenters. The van der Waals surface area contributed by atoms with Gasteiger partial charge in [0.15, 0.2) is 5.76 Å². The number of hydrogen-bond acceptors (Lipinski definition) is 3. The summed E-state index contributed by atoms with van der Waals surface area (Å²) in [5.74, 6) is -0.258. The molecule has 4 nitrogen and oxygen atoms in total. The highest BCUT2D eigenvalue weighted by molar-refractivity contribution is 5.89. The maximum absolute atomic E-state index is 10.6. The fourth-order valence-corrected chi connectivity index (χ4v) is 1.22. The predicted octanol–water partition coefficient (Wildman–Crippen LogP) is 1.23. The molecule has 13 heavy (non-hydrogen) atoms. The van der Waals surface area contributed by atoms with Crippen molar-refractivity contribution in [1.29, 1.82) is 0 Å². The minimum Gasteiger partial charge on any atom is -0.478 e. The van der Waals surface area contributed by atoms with Gasteiger partial charge in [0.05, 0.1) is 6.21 Å². The van der Waals surface area contributed by atoms with E-state index in [9.17, 15) is 4.79 Å². The molecule has 0 aromatic heterocycles. The molecule has 1 aliphatic carbocycles. The summed E-state index contributed by atoms with van der Waals surface area (Å²) in [4.78, 5) is 15.6. The van der Waals surface area contributed by atoms with Crippen LogP contribution in [0.15, 0.2) is 40.3 Å². The lowest BCUT2D eigenvalue weighted by Crippen LogP contribution is -2.08. The second-order valence-corrected chi connectivity index (χ2v) is 2.74. The second kappa shape index (κ2) is 2.90. The number of carbonyl (C=O) groups is 1. The summed E-state index contributed by atoms with van der Waals surface area (Å²) in [5, 5.41) is 12.3. The smallest absolute Gasteiger partial charge is 0.331 e. The van der Waals surface area contributed by atoms with Crippen molar-refractivity contribution in [2.24, 2.45) is 5.16 Å². The summed E-state index contributed by atoms with van der Waals surface area (Å²) in [6.07, 6.45) is 6.82. The van der Waals surface area contributed by atoms with E-state index in [4.69, 9.17) is 9.94 Å². The van der Waals surface area contributed by atoms with Gasteiger partial charge >= 0.3 is 5.97 Å². The number of aliphatic carboxylic acids is 1. The van der Waals surface area contributed by atoms with Gasteiger partial charge in [-0.1, -0.05) is 5.16 Å². The number of allylic oxidation sites excluding steroid dienone is 4. The van der Waals surface area contributed by atoms with Crippen LogP contribution in [0.25, 0.3) is 0 Å². The lowest BCUT2D eigenvalue weighted by atomic mass is 9.98. The molecule has 0 radical (unpaired) electrons. The molecule has 0 bridgehead atoms. The van der Waals surface area contributed by atoms with E-state index in [-0.39, 0.29) is 0 Å². The van der Waals surface area contributed by atoms with Crippen LogP contribution in [-0.4, -0.2) is 17.3 Å². The average molecular weight is 177 g/mol. The first kappa shape index (κ1) is 7.79. The van der Waals surface area contributed by atoms with Crippen molar-refractivity contribution in [2.75, 3.05) is 0 Å². The maximum Gasteiger partial charge on any atom is 0.331 e. The molecule has 0 spiro atoms. The third-order valence-electron chi connectivity index (χ3n) is 1.90. The Bertz CT molecular complexity index is 374. The molecular formula is C9H7NO3. The van der Waals surface area contributed by atoms with Gasteiger partial charge in [-0.3, -0.25) is 0 Å². The lowest BCUT2D eigenvalue weighted by molar-refractivity contribution is -0.132. The van der Waals surface area contributed by atoms with E-state index in [2.05, 4.69) is 5.16 Å². The van der Waals surface area contributed by atoms with Gasteiger partial charge in [-0.15, -0.1) is 0 Å². The van der Waals surface area contributed by atoms with Crippen LogP contribution in [0.2, 0.25) is 0 Å². The van der Waals surface area contributed by atoms with Crippen LogP contribution in [0.4, 0.5) is 0 Å². The normalized spacial score (nSPS) is 19.2. The third kappa shape index (κ3) is 1.38. The molecule has 2 aliphatic rings. The van der Waals surface area contributed by atoms with Crippen LogP contribution in [0.3, 0.4) is 0 Å². The molecule has 0 atom stereocenters. The Morgan fingerprint density at radius 3 is 3.08 bits per heavy atom. The van der Waals surface area contributed by atoms with Crippen molar-refractivity contribution in [3.05, 3.63) is 35.1 Å². The number of oxime groups is 1.